The van der Waals surface area contributed by atoms with Crippen LogP contribution in [0.1, 0.15) is 37.8 Å². The quantitative estimate of drug-likeness (QED) is 0.794. The lowest BCUT2D eigenvalue weighted by molar-refractivity contribution is 0.319. The fourth-order valence-electron chi connectivity index (χ4n) is 2.59. The molecule has 0 bridgehead atoms. The summed E-state index contributed by atoms with van der Waals surface area (Å²) in [5.41, 5.74) is 10.0. The molecule has 1 aromatic carbocycles. The zero-order valence-electron chi connectivity index (χ0n) is 10.8. The van der Waals surface area contributed by atoms with Crippen LogP contribution >= 0.6 is 11.6 Å². The molecule has 0 spiro atoms. The highest BCUT2D eigenvalue weighted by Crippen LogP contribution is 2.39. The third kappa shape index (κ3) is 2.91. The number of halogens is 1. The number of allylic oxidation sites excluding steroid dienone is 1. The monoisotopic (exact) mass is 249 g/mol. The van der Waals surface area contributed by atoms with Crippen LogP contribution in [0, 0.1) is 12.3 Å². The van der Waals surface area contributed by atoms with Gasteiger partial charge in [-0.1, -0.05) is 43.7 Å². The lowest BCUT2D eigenvalue weighted by Crippen LogP contribution is -2.30. The summed E-state index contributed by atoms with van der Waals surface area (Å²) in [7, 11) is 0. The molecule has 1 nitrogen and oxygen atoms in total. The van der Waals surface area contributed by atoms with Gasteiger partial charge in [-0.25, -0.2) is 0 Å². The van der Waals surface area contributed by atoms with Gasteiger partial charge in [0.25, 0.3) is 0 Å². The second-order valence-corrected chi connectivity index (χ2v) is 6.27. The molecule has 2 rings (SSSR count). The van der Waals surface area contributed by atoms with Crippen LogP contribution in [0.15, 0.2) is 24.3 Å². The Morgan fingerprint density at radius 2 is 2.06 bits per heavy atom. The van der Waals surface area contributed by atoms with E-state index in [-0.39, 0.29) is 11.5 Å². The molecule has 2 heteroatoms. The minimum absolute atomic E-state index is 0.161. The first-order valence-electron chi connectivity index (χ1n) is 6.10. The molecule has 0 saturated carbocycles. The van der Waals surface area contributed by atoms with Crippen LogP contribution in [0.2, 0.25) is 5.02 Å². The number of aryl methyl sites for hydroxylation is 1. The molecule has 1 aliphatic rings. The van der Waals surface area contributed by atoms with Crippen molar-refractivity contribution < 1.29 is 0 Å². The number of nitrogens with two attached hydrogens (primary N) is 1. The van der Waals surface area contributed by atoms with Gasteiger partial charge in [0.1, 0.15) is 0 Å². The molecule has 0 heterocycles. The van der Waals surface area contributed by atoms with Crippen LogP contribution in [-0.2, 0) is 0 Å². The molecule has 1 atom stereocenters. The third-order valence-electron chi connectivity index (χ3n) is 3.42. The highest BCUT2D eigenvalue weighted by atomic mass is 35.5. The van der Waals surface area contributed by atoms with Gasteiger partial charge < -0.3 is 5.73 Å². The number of hydrogen-bond acceptors (Lipinski definition) is 1. The Morgan fingerprint density at radius 3 is 2.65 bits per heavy atom. The zero-order chi connectivity index (χ0) is 12.6. The van der Waals surface area contributed by atoms with Gasteiger partial charge in [0.2, 0.25) is 0 Å². The zero-order valence-corrected chi connectivity index (χ0v) is 11.5. The van der Waals surface area contributed by atoms with Crippen LogP contribution < -0.4 is 5.73 Å². The molecule has 0 radical (unpaired) electrons. The predicted octanol–water partition coefficient (Wildman–Crippen LogP) is 4.18. The van der Waals surface area contributed by atoms with E-state index in [1.54, 1.807) is 0 Å². The predicted molar refractivity (Wildman–Crippen MR) is 75.2 cm³/mol. The average molecular weight is 250 g/mol. The molecule has 92 valence electrons. The Kier molecular flexibility index (Phi) is 3.33. The van der Waals surface area contributed by atoms with E-state index < -0.39 is 0 Å². The Morgan fingerprint density at radius 1 is 1.35 bits per heavy atom. The van der Waals surface area contributed by atoms with Gasteiger partial charge in [-0.05, 0) is 47.9 Å². The Bertz CT molecular complexity index is 460. The van der Waals surface area contributed by atoms with Gasteiger partial charge in [-0.3, -0.25) is 0 Å². The van der Waals surface area contributed by atoms with Crippen molar-refractivity contribution in [1.29, 1.82) is 0 Å². The summed E-state index contributed by atoms with van der Waals surface area (Å²) in [5.74, 6) is 0. The van der Waals surface area contributed by atoms with E-state index in [0.29, 0.717) is 0 Å². The van der Waals surface area contributed by atoms with Crippen molar-refractivity contribution in [3.8, 4) is 0 Å². The summed E-state index contributed by atoms with van der Waals surface area (Å²) in [5, 5.41) is 0.834. The molecule has 1 aromatic rings. The maximum atomic E-state index is 6.18. The lowest BCUT2D eigenvalue weighted by atomic mass is 9.74. The van der Waals surface area contributed by atoms with Crippen molar-refractivity contribution in [2.45, 2.75) is 39.7 Å². The van der Waals surface area contributed by atoms with Gasteiger partial charge in [0, 0.05) is 11.1 Å². The normalized spacial score (nSPS) is 23.4. The van der Waals surface area contributed by atoms with Crippen molar-refractivity contribution in [3.63, 3.8) is 0 Å². The molecule has 1 unspecified atom stereocenters. The molecule has 0 fully saturated rings. The molecule has 0 amide bonds. The van der Waals surface area contributed by atoms with Gasteiger partial charge in [0.15, 0.2) is 0 Å². The number of rotatable bonds is 1. The molecule has 2 N–H and O–H groups in total. The second-order valence-electron chi connectivity index (χ2n) is 5.86. The van der Waals surface area contributed by atoms with Crippen molar-refractivity contribution in [1.82, 2.24) is 0 Å². The smallest absolute Gasteiger partial charge is 0.0441 e. The summed E-state index contributed by atoms with van der Waals surface area (Å²) in [6.07, 6.45) is 4.31. The molecule has 0 saturated heterocycles. The van der Waals surface area contributed by atoms with E-state index in [9.17, 15) is 0 Å². The van der Waals surface area contributed by atoms with Gasteiger partial charge >= 0.3 is 0 Å². The van der Waals surface area contributed by atoms with Crippen LogP contribution in [0.5, 0.6) is 0 Å². The SMILES string of the molecule is Cc1ccc(C2=CC(N)CC(C)(C)C2)cc1Cl. The second kappa shape index (κ2) is 4.47. The van der Waals surface area contributed by atoms with E-state index in [4.69, 9.17) is 17.3 Å². The van der Waals surface area contributed by atoms with E-state index in [0.717, 1.165) is 23.4 Å². The van der Waals surface area contributed by atoms with Gasteiger partial charge in [-0.15, -0.1) is 0 Å². The first-order chi connectivity index (χ1) is 7.87. The Hall–Kier alpha value is -0.790. The van der Waals surface area contributed by atoms with Gasteiger partial charge in [-0.2, -0.15) is 0 Å². The molecule has 17 heavy (non-hydrogen) atoms. The molecular formula is C15H20ClN. The summed E-state index contributed by atoms with van der Waals surface area (Å²) < 4.78 is 0. The van der Waals surface area contributed by atoms with Gasteiger partial charge in [0.05, 0.1) is 0 Å². The molecule has 0 aromatic heterocycles. The Balaban J connectivity index is 2.36. The van der Waals surface area contributed by atoms with Crippen molar-refractivity contribution >= 4 is 17.2 Å². The fraction of sp³-hybridized carbons (Fsp3) is 0.467. The van der Waals surface area contributed by atoms with Crippen molar-refractivity contribution in [2.75, 3.05) is 0 Å². The maximum absolute atomic E-state index is 6.18. The molecule has 1 aliphatic carbocycles. The van der Waals surface area contributed by atoms with E-state index in [1.807, 2.05) is 6.92 Å². The summed E-state index contributed by atoms with van der Waals surface area (Å²) >= 11 is 6.18. The summed E-state index contributed by atoms with van der Waals surface area (Å²) in [6.45, 7) is 6.57. The lowest BCUT2D eigenvalue weighted by Gasteiger charge is -2.33. The number of benzene rings is 1. The fourth-order valence-corrected chi connectivity index (χ4v) is 2.77. The first-order valence-corrected chi connectivity index (χ1v) is 6.48. The summed E-state index contributed by atoms with van der Waals surface area (Å²) in [4.78, 5) is 0. The minimum atomic E-state index is 0.161. The van der Waals surface area contributed by atoms with E-state index in [2.05, 4.69) is 38.1 Å². The van der Waals surface area contributed by atoms with E-state index in [1.165, 1.54) is 11.1 Å². The third-order valence-corrected chi connectivity index (χ3v) is 3.82. The van der Waals surface area contributed by atoms with Crippen LogP contribution in [0.3, 0.4) is 0 Å². The standard InChI is InChI=1S/C15H20ClN/c1-10-4-5-11(7-14(10)16)12-6-13(17)9-15(2,3)8-12/h4-7,13H,8-9,17H2,1-3H3. The largest absolute Gasteiger partial charge is 0.324 e. The Labute approximate surface area is 109 Å². The van der Waals surface area contributed by atoms with Crippen molar-refractivity contribution in [2.24, 2.45) is 11.1 Å². The van der Waals surface area contributed by atoms with E-state index >= 15 is 0 Å². The maximum Gasteiger partial charge on any atom is 0.0441 e. The molecule has 0 aliphatic heterocycles. The molecular weight excluding hydrogens is 230 g/mol. The van der Waals surface area contributed by atoms with Crippen molar-refractivity contribution in [3.05, 3.63) is 40.4 Å². The summed E-state index contributed by atoms with van der Waals surface area (Å²) in [6, 6.07) is 6.43. The minimum Gasteiger partial charge on any atom is -0.324 e. The number of hydrogen-bond donors (Lipinski definition) is 1. The highest BCUT2D eigenvalue weighted by Gasteiger charge is 2.27. The average Bonchev–Trinajstić information content (AvgIpc) is 2.19. The first kappa shape index (κ1) is 12.7. The highest BCUT2D eigenvalue weighted by molar-refractivity contribution is 6.31. The van der Waals surface area contributed by atoms with Crippen LogP contribution in [-0.4, -0.2) is 6.04 Å². The van der Waals surface area contributed by atoms with Crippen LogP contribution in [0.25, 0.3) is 5.57 Å². The van der Waals surface area contributed by atoms with Crippen LogP contribution in [0.4, 0.5) is 0 Å². The topological polar surface area (TPSA) is 26.0 Å².